The Morgan fingerprint density at radius 3 is 2.46 bits per heavy atom. The van der Waals surface area contributed by atoms with Gasteiger partial charge >= 0.3 is 0 Å². The predicted molar refractivity (Wildman–Crippen MR) is 98.0 cm³/mol. The van der Waals surface area contributed by atoms with E-state index in [1.807, 2.05) is 53.1 Å². The minimum absolute atomic E-state index is 0.320. The third-order valence-corrected chi connectivity index (χ3v) is 4.23. The lowest BCUT2D eigenvalue weighted by atomic mass is 10.3. The lowest BCUT2D eigenvalue weighted by molar-refractivity contribution is 0.282. The standard InChI is InChI=1S/C19H18N4O3/c1-13-18(24)20-19-22(14-7-3-4-8-15(14)23(19)21-13)11-12-26-17-10-6-5-9-16(17)25-2/h3-10H,11-12H2,1-2H3. The predicted octanol–water partition coefficient (Wildman–Crippen LogP) is 2.44. The van der Waals surface area contributed by atoms with Crippen LogP contribution in [0.3, 0.4) is 0 Å². The molecular weight excluding hydrogens is 332 g/mol. The van der Waals surface area contributed by atoms with E-state index >= 15 is 0 Å². The SMILES string of the molecule is COc1ccccc1OCCn1c2ccccc2n2nc(C)c(=O)nc12. The van der Waals surface area contributed by atoms with Crippen molar-refractivity contribution in [1.82, 2.24) is 19.2 Å². The fraction of sp³-hybridized carbons (Fsp3) is 0.211. The second-order valence-electron chi connectivity index (χ2n) is 5.85. The number of aromatic nitrogens is 4. The van der Waals surface area contributed by atoms with Crippen LogP contribution in [0.1, 0.15) is 5.69 Å². The van der Waals surface area contributed by atoms with Crippen molar-refractivity contribution in [1.29, 1.82) is 0 Å². The first-order valence-electron chi connectivity index (χ1n) is 8.30. The summed E-state index contributed by atoms with van der Waals surface area (Å²) >= 11 is 0. The van der Waals surface area contributed by atoms with Gasteiger partial charge in [-0.25, -0.2) is 0 Å². The molecule has 0 aliphatic carbocycles. The van der Waals surface area contributed by atoms with E-state index in [-0.39, 0.29) is 5.56 Å². The summed E-state index contributed by atoms with van der Waals surface area (Å²) < 4.78 is 14.8. The maximum absolute atomic E-state index is 12.0. The van der Waals surface area contributed by atoms with Crippen LogP contribution in [-0.2, 0) is 6.54 Å². The molecule has 0 aliphatic rings. The molecule has 2 aromatic heterocycles. The maximum Gasteiger partial charge on any atom is 0.296 e. The third-order valence-electron chi connectivity index (χ3n) is 4.23. The van der Waals surface area contributed by atoms with Gasteiger partial charge in [-0.2, -0.15) is 14.6 Å². The molecule has 0 fully saturated rings. The first-order valence-corrected chi connectivity index (χ1v) is 8.30. The molecule has 132 valence electrons. The molecule has 0 atom stereocenters. The highest BCUT2D eigenvalue weighted by molar-refractivity contribution is 5.80. The number of rotatable bonds is 5. The molecule has 0 amide bonds. The molecule has 0 aliphatic heterocycles. The number of ether oxygens (including phenoxy) is 2. The topological polar surface area (TPSA) is 70.7 Å². The summed E-state index contributed by atoms with van der Waals surface area (Å²) in [6.45, 7) is 2.59. The Labute approximate surface area is 149 Å². The molecule has 2 aromatic carbocycles. The van der Waals surface area contributed by atoms with Crippen molar-refractivity contribution in [3.8, 4) is 11.5 Å². The number of fused-ring (bicyclic) bond motifs is 3. The quantitative estimate of drug-likeness (QED) is 0.553. The molecule has 0 saturated carbocycles. The van der Waals surface area contributed by atoms with Gasteiger partial charge in [-0.05, 0) is 31.2 Å². The lowest BCUT2D eigenvalue weighted by Crippen LogP contribution is -2.18. The number of methoxy groups -OCH3 is 1. The van der Waals surface area contributed by atoms with Gasteiger partial charge < -0.3 is 14.0 Å². The Morgan fingerprint density at radius 1 is 1.00 bits per heavy atom. The molecule has 26 heavy (non-hydrogen) atoms. The molecular formula is C19H18N4O3. The van der Waals surface area contributed by atoms with Crippen LogP contribution in [-0.4, -0.2) is 32.9 Å². The summed E-state index contributed by atoms with van der Waals surface area (Å²) in [5, 5.41) is 4.38. The van der Waals surface area contributed by atoms with Gasteiger partial charge in [0.2, 0.25) is 5.78 Å². The van der Waals surface area contributed by atoms with Crippen molar-refractivity contribution in [2.75, 3.05) is 13.7 Å². The summed E-state index contributed by atoms with van der Waals surface area (Å²) in [4.78, 5) is 16.2. The van der Waals surface area contributed by atoms with E-state index in [4.69, 9.17) is 9.47 Å². The van der Waals surface area contributed by atoms with Gasteiger partial charge in [0.25, 0.3) is 5.56 Å². The van der Waals surface area contributed by atoms with Gasteiger partial charge in [0.15, 0.2) is 11.5 Å². The first-order chi connectivity index (χ1) is 12.7. The zero-order valence-electron chi connectivity index (χ0n) is 14.5. The number of para-hydroxylation sites is 4. The molecule has 0 bridgehead atoms. The van der Waals surface area contributed by atoms with E-state index < -0.39 is 0 Å². The number of imidazole rings is 1. The molecule has 4 rings (SSSR count). The fourth-order valence-electron chi connectivity index (χ4n) is 2.98. The number of nitrogens with zero attached hydrogens (tertiary/aromatic N) is 4. The van der Waals surface area contributed by atoms with Crippen molar-refractivity contribution in [2.45, 2.75) is 13.5 Å². The highest BCUT2D eigenvalue weighted by Gasteiger charge is 2.14. The average molecular weight is 350 g/mol. The van der Waals surface area contributed by atoms with Crippen LogP contribution in [0.15, 0.2) is 53.3 Å². The van der Waals surface area contributed by atoms with E-state index in [2.05, 4.69) is 10.1 Å². The van der Waals surface area contributed by atoms with Crippen LogP contribution in [0, 0.1) is 6.92 Å². The molecule has 7 heteroatoms. The smallest absolute Gasteiger partial charge is 0.296 e. The molecule has 0 N–H and O–H groups in total. The summed E-state index contributed by atoms with van der Waals surface area (Å²) in [6.07, 6.45) is 0. The van der Waals surface area contributed by atoms with E-state index in [0.717, 1.165) is 11.0 Å². The van der Waals surface area contributed by atoms with E-state index in [1.54, 1.807) is 18.5 Å². The highest BCUT2D eigenvalue weighted by atomic mass is 16.5. The monoisotopic (exact) mass is 350 g/mol. The number of hydrogen-bond acceptors (Lipinski definition) is 5. The van der Waals surface area contributed by atoms with Crippen molar-refractivity contribution in [3.05, 3.63) is 64.6 Å². The number of benzene rings is 2. The Kier molecular flexibility index (Phi) is 4.04. The fourth-order valence-corrected chi connectivity index (χ4v) is 2.98. The average Bonchev–Trinajstić information content (AvgIpc) is 2.96. The van der Waals surface area contributed by atoms with Crippen LogP contribution < -0.4 is 15.0 Å². The van der Waals surface area contributed by atoms with Gasteiger partial charge in [0.1, 0.15) is 12.3 Å². The minimum Gasteiger partial charge on any atom is -0.493 e. The normalized spacial score (nSPS) is 11.2. The molecule has 0 radical (unpaired) electrons. The Bertz CT molecular complexity index is 1150. The van der Waals surface area contributed by atoms with Crippen molar-refractivity contribution in [2.24, 2.45) is 0 Å². The largest absolute Gasteiger partial charge is 0.493 e. The number of hydrogen-bond donors (Lipinski definition) is 0. The van der Waals surface area contributed by atoms with E-state index in [0.29, 0.717) is 36.1 Å². The maximum atomic E-state index is 12.0. The first kappa shape index (κ1) is 16.1. The molecule has 0 spiro atoms. The lowest BCUT2D eigenvalue weighted by Gasteiger charge is -2.11. The van der Waals surface area contributed by atoms with Crippen molar-refractivity contribution in [3.63, 3.8) is 0 Å². The minimum atomic E-state index is -0.320. The Morgan fingerprint density at radius 2 is 1.69 bits per heavy atom. The molecule has 4 aromatic rings. The van der Waals surface area contributed by atoms with E-state index in [9.17, 15) is 4.79 Å². The van der Waals surface area contributed by atoms with Gasteiger partial charge in [-0.3, -0.25) is 4.79 Å². The Balaban J connectivity index is 1.71. The summed E-state index contributed by atoms with van der Waals surface area (Å²) in [6, 6.07) is 15.3. The second kappa shape index (κ2) is 6.51. The third kappa shape index (κ3) is 2.67. The zero-order valence-corrected chi connectivity index (χ0v) is 14.5. The van der Waals surface area contributed by atoms with Gasteiger partial charge in [-0.15, -0.1) is 0 Å². The highest BCUT2D eigenvalue weighted by Crippen LogP contribution is 2.26. The van der Waals surface area contributed by atoms with Gasteiger partial charge in [-0.1, -0.05) is 24.3 Å². The van der Waals surface area contributed by atoms with Gasteiger partial charge in [0, 0.05) is 0 Å². The Hall–Kier alpha value is -3.35. The van der Waals surface area contributed by atoms with Crippen LogP contribution in [0.25, 0.3) is 16.8 Å². The molecule has 0 saturated heterocycles. The zero-order chi connectivity index (χ0) is 18.1. The molecule has 2 heterocycles. The van der Waals surface area contributed by atoms with Crippen LogP contribution in [0.4, 0.5) is 0 Å². The summed E-state index contributed by atoms with van der Waals surface area (Å²) in [5.74, 6) is 1.86. The van der Waals surface area contributed by atoms with Gasteiger partial charge in [0.05, 0.1) is 24.7 Å². The van der Waals surface area contributed by atoms with Crippen LogP contribution >= 0.6 is 0 Å². The molecule has 7 nitrogen and oxygen atoms in total. The van der Waals surface area contributed by atoms with Crippen LogP contribution in [0.5, 0.6) is 11.5 Å². The molecule has 0 unspecified atom stereocenters. The van der Waals surface area contributed by atoms with Crippen molar-refractivity contribution >= 4 is 16.8 Å². The van der Waals surface area contributed by atoms with Crippen LogP contribution in [0.2, 0.25) is 0 Å². The number of aryl methyl sites for hydroxylation is 1. The summed E-state index contributed by atoms with van der Waals surface area (Å²) in [7, 11) is 1.61. The van der Waals surface area contributed by atoms with Crippen molar-refractivity contribution < 1.29 is 9.47 Å². The summed E-state index contributed by atoms with van der Waals surface area (Å²) in [5.41, 5.74) is 1.90. The van der Waals surface area contributed by atoms with E-state index in [1.165, 1.54) is 0 Å². The second-order valence-corrected chi connectivity index (χ2v) is 5.85.